The third kappa shape index (κ3) is 28.0. The van der Waals surface area contributed by atoms with Crippen LogP contribution in [-0.2, 0) is 0 Å². The van der Waals surface area contributed by atoms with E-state index in [4.69, 9.17) is 0 Å². The quantitative estimate of drug-likeness (QED) is 0.0522. The van der Waals surface area contributed by atoms with Crippen molar-refractivity contribution in [3.8, 4) is 0 Å². The maximum atomic E-state index is 4.34. The first-order chi connectivity index (χ1) is 20.9. The molecule has 0 amide bonds. The lowest BCUT2D eigenvalue weighted by Crippen LogP contribution is -2.02. The minimum Gasteiger partial charge on any atom is -0.0968 e. The van der Waals surface area contributed by atoms with Crippen LogP contribution in [0.15, 0.2) is 9.98 Å². The van der Waals surface area contributed by atoms with Crippen molar-refractivity contribution in [2.75, 3.05) is 0 Å². The minimum atomic E-state index is 0.977. The summed E-state index contributed by atoms with van der Waals surface area (Å²) in [4.78, 5) is 8.68. The molecule has 1 aliphatic heterocycles. The molecule has 2 heteroatoms. The lowest BCUT2D eigenvalue weighted by atomic mass is 9.89. The van der Waals surface area contributed by atoms with Crippen molar-refractivity contribution in [1.29, 1.82) is 0 Å². The van der Waals surface area contributed by atoms with Gasteiger partial charge in [0, 0.05) is 0 Å². The summed E-state index contributed by atoms with van der Waals surface area (Å²) in [5.41, 5.74) is 0. The third-order valence-corrected chi connectivity index (χ3v) is 9.71. The van der Waals surface area contributed by atoms with Crippen LogP contribution >= 0.6 is 0 Å². The number of unbranched alkanes of at least 4 members (excludes halogenated alkanes) is 27. The molecule has 0 aromatic rings. The normalized spacial score (nSPS) is 13.5. The van der Waals surface area contributed by atoms with Gasteiger partial charge in [-0.15, -0.1) is 0 Å². The van der Waals surface area contributed by atoms with Crippen LogP contribution in [0, 0.1) is 12.1 Å². The van der Waals surface area contributed by atoms with Crippen LogP contribution in [-0.4, -0.2) is 12.4 Å². The van der Waals surface area contributed by atoms with Gasteiger partial charge in [0.1, 0.15) is 0 Å². The van der Waals surface area contributed by atoms with Crippen molar-refractivity contribution >= 4 is 12.4 Å². The van der Waals surface area contributed by atoms with E-state index < -0.39 is 0 Å². The first-order valence-electron chi connectivity index (χ1n) is 19.8. The van der Waals surface area contributed by atoms with Gasteiger partial charge in [-0.05, 0) is 12.3 Å². The SMILES string of the molecule is CCCCCCCCCCCCCCCCCC(CCCCCCCCCCCCCC)CCCCC[C+]1N=CC=N1. The lowest BCUT2D eigenvalue weighted by Gasteiger charge is -2.17. The van der Waals surface area contributed by atoms with E-state index in [1.165, 1.54) is 212 Å². The molecular weight excluding hydrogens is 508 g/mol. The zero-order valence-corrected chi connectivity index (χ0v) is 29.2. The molecule has 246 valence electrons. The van der Waals surface area contributed by atoms with Crippen molar-refractivity contribution in [3.63, 3.8) is 0 Å². The van der Waals surface area contributed by atoms with Crippen molar-refractivity contribution < 1.29 is 0 Å². The highest BCUT2D eigenvalue weighted by Crippen LogP contribution is 2.26. The van der Waals surface area contributed by atoms with Crippen LogP contribution in [0.2, 0.25) is 0 Å². The Bertz CT molecular complexity index is 556. The Morgan fingerprint density at radius 1 is 0.357 bits per heavy atom. The maximum absolute atomic E-state index is 4.34. The van der Waals surface area contributed by atoms with E-state index in [9.17, 15) is 0 Å². The summed E-state index contributed by atoms with van der Waals surface area (Å²) in [5, 5.41) is 0. The molecule has 0 bridgehead atoms. The predicted molar refractivity (Wildman–Crippen MR) is 192 cm³/mol. The number of aliphatic imine (C=N–C) groups is 2. The van der Waals surface area contributed by atoms with E-state index in [2.05, 4.69) is 23.8 Å². The van der Waals surface area contributed by atoms with Crippen molar-refractivity contribution in [2.24, 2.45) is 15.9 Å². The van der Waals surface area contributed by atoms with Gasteiger partial charge in [0.25, 0.3) is 0 Å². The summed E-state index contributed by atoms with van der Waals surface area (Å²) >= 11 is 0. The average molecular weight is 586 g/mol. The highest BCUT2D eigenvalue weighted by molar-refractivity contribution is 6.18. The molecule has 1 rings (SSSR count). The molecule has 1 heterocycles. The van der Waals surface area contributed by atoms with E-state index in [1.54, 1.807) is 0 Å². The van der Waals surface area contributed by atoms with Crippen LogP contribution < -0.4 is 0 Å². The molecule has 1 unspecified atom stereocenters. The average Bonchev–Trinajstić information content (AvgIpc) is 3.52. The van der Waals surface area contributed by atoms with Gasteiger partial charge in [0.15, 0.2) is 12.4 Å². The van der Waals surface area contributed by atoms with E-state index in [0.29, 0.717) is 0 Å². The molecule has 2 nitrogen and oxygen atoms in total. The second-order valence-corrected chi connectivity index (χ2v) is 13.9. The summed E-state index contributed by atoms with van der Waals surface area (Å²) in [6.07, 6.45) is 53.7. The Hall–Kier alpha value is -0.790. The van der Waals surface area contributed by atoms with Gasteiger partial charge in [-0.3, -0.25) is 0 Å². The molecule has 42 heavy (non-hydrogen) atoms. The van der Waals surface area contributed by atoms with Crippen molar-refractivity contribution in [3.05, 3.63) is 6.17 Å². The van der Waals surface area contributed by atoms with Crippen LogP contribution in [0.3, 0.4) is 0 Å². The standard InChI is InChI=1S/C40H77N2/c1-3-5-7-9-11-13-15-17-18-19-21-23-25-27-30-34-39(35-31-28-32-36-40-41-37-38-42-40)33-29-26-24-22-20-16-14-12-10-8-6-4-2/h37-39H,3-36H2,1-2H3/q+1. The van der Waals surface area contributed by atoms with E-state index in [1.807, 2.05) is 12.4 Å². The van der Waals surface area contributed by atoms with Crippen LogP contribution in [0.4, 0.5) is 0 Å². The molecular formula is C40H77N2+. The Morgan fingerprint density at radius 2 is 0.619 bits per heavy atom. The molecule has 0 fully saturated rings. The Labute approximate surface area is 266 Å². The van der Waals surface area contributed by atoms with Gasteiger partial charge in [0.05, 0.1) is 6.42 Å². The van der Waals surface area contributed by atoms with Gasteiger partial charge in [-0.25, -0.2) is 0 Å². The highest BCUT2D eigenvalue weighted by Gasteiger charge is 2.15. The van der Waals surface area contributed by atoms with Gasteiger partial charge in [0.2, 0.25) is 6.17 Å². The van der Waals surface area contributed by atoms with Gasteiger partial charge < -0.3 is 0 Å². The molecule has 0 saturated heterocycles. The second kappa shape index (κ2) is 33.1. The Kier molecular flexibility index (Phi) is 30.9. The minimum absolute atomic E-state index is 0.977. The Balaban J connectivity index is 2.03. The zero-order valence-electron chi connectivity index (χ0n) is 29.2. The van der Waals surface area contributed by atoms with Gasteiger partial charge >= 0.3 is 0 Å². The van der Waals surface area contributed by atoms with Crippen LogP contribution in [0.5, 0.6) is 0 Å². The molecule has 0 radical (unpaired) electrons. The van der Waals surface area contributed by atoms with Crippen LogP contribution in [0.1, 0.15) is 232 Å². The van der Waals surface area contributed by atoms with E-state index in [0.717, 1.165) is 18.5 Å². The third-order valence-electron chi connectivity index (χ3n) is 9.71. The fourth-order valence-electron chi connectivity index (χ4n) is 6.81. The summed E-state index contributed by atoms with van der Waals surface area (Å²) in [6.45, 7) is 4.62. The number of nitrogens with zero attached hydrogens (tertiary/aromatic N) is 2. The highest BCUT2D eigenvalue weighted by atomic mass is 15.0. The smallest absolute Gasteiger partial charge is 0.0968 e. The zero-order chi connectivity index (χ0) is 30.0. The van der Waals surface area contributed by atoms with Gasteiger partial charge in [-0.1, -0.05) is 229 Å². The summed E-state index contributed by atoms with van der Waals surface area (Å²) in [5.74, 6) is 0.977. The maximum Gasteiger partial charge on any atom is 0.240 e. The van der Waals surface area contributed by atoms with Gasteiger partial charge in [-0.2, -0.15) is 0 Å². The van der Waals surface area contributed by atoms with Crippen molar-refractivity contribution in [1.82, 2.24) is 0 Å². The number of hydrogen-bond donors (Lipinski definition) is 0. The van der Waals surface area contributed by atoms with Crippen LogP contribution in [0.25, 0.3) is 0 Å². The summed E-state index contributed by atoms with van der Waals surface area (Å²) < 4.78 is 0. The largest absolute Gasteiger partial charge is 0.240 e. The molecule has 0 spiro atoms. The lowest BCUT2D eigenvalue weighted by molar-refractivity contribution is 0.366. The van der Waals surface area contributed by atoms with Crippen molar-refractivity contribution in [2.45, 2.75) is 232 Å². The number of hydrogen-bond acceptors (Lipinski definition) is 2. The molecule has 0 saturated carbocycles. The molecule has 0 aromatic carbocycles. The van der Waals surface area contributed by atoms with E-state index in [-0.39, 0.29) is 0 Å². The number of rotatable bonds is 35. The Morgan fingerprint density at radius 3 is 0.929 bits per heavy atom. The molecule has 0 N–H and O–H groups in total. The molecule has 0 aromatic heterocycles. The summed E-state index contributed by atoms with van der Waals surface area (Å²) in [6, 6.07) is 0. The monoisotopic (exact) mass is 586 g/mol. The molecule has 1 aliphatic rings. The topological polar surface area (TPSA) is 24.7 Å². The molecule has 1 atom stereocenters. The first kappa shape index (κ1) is 39.2. The molecule has 0 aliphatic carbocycles. The predicted octanol–water partition coefficient (Wildman–Crippen LogP) is 14.6. The second-order valence-electron chi connectivity index (χ2n) is 13.9. The fourth-order valence-corrected chi connectivity index (χ4v) is 6.81. The fraction of sp³-hybridized carbons (Fsp3) is 0.925. The van der Waals surface area contributed by atoms with E-state index >= 15 is 0 Å². The first-order valence-corrected chi connectivity index (χ1v) is 19.8. The summed E-state index contributed by atoms with van der Waals surface area (Å²) in [7, 11) is 0.